The van der Waals surface area contributed by atoms with Gasteiger partial charge in [-0.15, -0.1) is 0 Å². The maximum Gasteiger partial charge on any atom is 0.161 e. The van der Waals surface area contributed by atoms with Crippen molar-refractivity contribution in [3.63, 3.8) is 0 Å². The highest BCUT2D eigenvalue weighted by molar-refractivity contribution is 9.10. The molecule has 0 aromatic heterocycles. The Balaban J connectivity index is 1.75. The Labute approximate surface area is 130 Å². The number of rotatable bonds is 1. The van der Waals surface area contributed by atoms with Gasteiger partial charge < -0.3 is 10.1 Å². The van der Waals surface area contributed by atoms with Crippen LogP contribution in [0.4, 0.5) is 5.69 Å². The molecule has 0 aliphatic carbocycles. The summed E-state index contributed by atoms with van der Waals surface area (Å²) in [6.07, 6.45) is 2.00. The molecule has 4 nitrogen and oxygen atoms in total. The molecule has 0 atom stereocenters. The number of hydrogen-bond acceptors (Lipinski definition) is 5. The molecule has 1 spiro atoms. The Kier molecular flexibility index (Phi) is 4.01. The van der Waals surface area contributed by atoms with Crippen molar-refractivity contribution in [2.45, 2.75) is 18.4 Å². The van der Waals surface area contributed by atoms with E-state index >= 15 is 0 Å². The van der Waals surface area contributed by atoms with Gasteiger partial charge in [0.2, 0.25) is 0 Å². The third-order valence-electron chi connectivity index (χ3n) is 3.58. The molecule has 1 saturated heterocycles. The average molecular weight is 352 g/mol. The minimum absolute atomic E-state index is 0.0598. The summed E-state index contributed by atoms with van der Waals surface area (Å²) in [7, 11) is 0. The van der Waals surface area contributed by atoms with E-state index in [1.165, 1.54) is 0 Å². The van der Waals surface area contributed by atoms with Crippen LogP contribution in [0.25, 0.3) is 0 Å². The van der Waals surface area contributed by atoms with Gasteiger partial charge >= 0.3 is 0 Å². The number of benzene rings is 1. The number of hydrogen-bond donors (Lipinski definition) is 1. The smallest absolute Gasteiger partial charge is 0.161 e. The van der Waals surface area contributed by atoms with E-state index in [1.807, 2.05) is 12.1 Å². The predicted octanol–water partition coefficient (Wildman–Crippen LogP) is 3.38. The van der Waals surface area contributed by atoms with Gasteiger partial charge in [0.15, 0.2) is 5.17 Å². The second-order valence-electron chi connectivity index (χ2n) is 4.97. The Morgan fingerprint density at radius 3 is 2.90 bits per heavy atom. The van der Waals surface area contributed by atoms with Crippen LogP contribution in [-0.2, 0) is 4.74 Å². The van der Waals surface area contributed by atoms with Crippen molar-refractivity contribution in [3.8, 4) is 6.07 Å². The molecule has 0 unspecified atom stereocenters. The van der Waals surface area contributed by atoms with E-state index in [4.69, 9.17) is 15.0 Å². The first-order chi connectivity index (χ1) is 9.71. The van der Waals surface area contributed by atoms with Gasteiger partial charge in [-0.25, -0.2) is 0 Å². The first-order valence-electron chi connectivity index (χ1n) is 6.48. The highest BCUT2D eigenvalue weighted by Gasteiger charge is 2.37. The maximum absolute atomic E-state index is 8.87. The number of halogens is 1. The fourth-order valence-corrected chi connectivity index (χ4v) is 4.03. The molecule has 0 radical (unpaired) electrons. The number of ether oxygens (including phenoxy) is 1. The van der Waals surface area contributed by atoms with Crippen LogP contribution in [0.3, 0.4) is 0 Å². The van der Waals surface area contributed by atoms with Gasteiger partial charge in [-0.05, 0) is 47.0 Å². The van der Waals surface area contributed by atoms with Gasteiger partial charge in [-0.2, -0.15) is 5.26 Å². The van der Waals surface area contributed by atoms with E-state index in [-0.39, 0.29) is 5.54 Å². The molecule has 2 aliphatic rings. The minimum Gasteiger partial charge on any atom is -0.381 e. The first-order valence-corrected chi connectivity index (χ1v) is 8.26. The molecule has 0 saturated carbocycles. The highest BCUT2D eigenvalue weighted by atomic mass is 79.9. The topological polar surface area (TPSA) is 57.4 Å². The highest BCUT2D eigenvalue weighted by Crippen LogP contribution is 2.36. The lowest BCUT2D eigenvalue weighted by Crippen LogP contribution is -2.34. The number of anilines is 1. The summed E-state index contributed by atoms with van der Waals surface area (Å²) in [6, 6.07) is 7.65. The fourth-order valence-electron chi connectivity index (χ4n) is 2.36. The quantitative estimate of drug-likeness (QED) is 0.842. The molecule has 1 N–H and O–H groups in total. The minimum atomic E-state index is 0.0598. The summed E-state index contributed by atoms with van der Waals surface area (Å²) in [5.74, 6) is 1.02. The number of amidine groups is 1. The van der Waals surface area contributed by atoms with E-state index in [0.29, 0.717) is 5.56 Å². The lowest BCUT2D eigenvalue weighted by molar-refractivity contribution is 0.0624. The lowest BCUT2D eigenvalue weighted by atomic mass is 9.93. The monoisotopic (exact) mass is 351 g/mol. The molecule has 2 aliphatic heterocycles. The van der Waals surface area contributed by atoms with E-state index in [9.17, 15) is 0 Å². The zero-order chi connectivity index (χ0) is 14.0. The van der Waals surface area contributed by atoms with Crippen molar-refractivity contribution in [1.29, 1.82) is 5.26 Å². The number of nitriles is 1. The van der Waals surface area contributed by atoms with Gasteiger partial charge in [-0.1, -0.05) is 11.8 Å². The van der Waals surface area contributed by atoms with Crippen molar-refractivity contribution in [3.05, 3.63) is 28.2 Å². The molecule has 6 heteroatoms. The predicted molar refractivity (Wildman–Crippen MR) is 85.2 cm³/mol. The van der Waals surface area contributed by atoms with Gasteiger partial charge in [-0.3, -0.25) is 4.99 Å². The molecule has 20 heavy (non-hydrogen) atoms. The Bertz CT molecular complexity index is 591. The fraction of sp³-hybridized carbons (Fsp3) is 0.429. The average Bonchev–Trinajstić information content (AvgIpc) is 2.84. The molecular weight excluding hydrogens is 338 g/mol. The van der Waals surface area contributed by atoms with E-state index in [2.05, 4.69) is 27.3 Å². The van der Waals surface area contributed by atoms with Crippen molar-refractivity contribution in [2.24, 2.45) is 4.99 Å². The van der Waals surface area contributed by atoms with Crippen molar-refractivity contribution >= 4 is 38.5 Å². The van der Waals surface area contributed by atoms with Crippen LogP contribution >= 0.6 is 27.7 Å². The SMILES string of the molecule is N#Cc1ccc(NC2=NC3(CCOCC3)CS2)c(Br)c1. The standard InChI is InChI=1S/C14H14BrN3OS/c15-11-7-10(8-16)1-2-12(11)17-13-18-14(9-20-13)3-5-19-6-4-14/h1-2,7H,3-6,9H2,(H,17,18). The maximum atomic E-state index is 8.87. The summed E-state index contributed by atoms with van der Waals surface area (Å²) in [4.78, 5) is 4.86. The first kappa shape index (κ1) is 13.9. The molecule has 2 heterocycles. The number of nitrogens with zero attached hydrogens (tertiary/aromatic N) is 2. The zero-order valence-corrected chi connectivity index (χ0v) is 13.3. The van der Waals surface area contributed by atoms with Crippen LogP contribution in [0, 0.1) is 11.3 Å². The molecule has 0 bridgehead atoms. The molecule has 1 aromatic carbocycles. The Hall–Kier alpha value is -1.03. The van der Waals surface area contributed by atoms with Gasteiger partial charge in [0.1, 0.15) is 0 Å². The summed E-state index contributed by atoms with van der Waals surface area (Å²) in [5.41, 5.74) is 1.65. The van der Waals surface area contributed by atoms with Crippen LogP contribution in [0.1, 0.15) is 18.4 Å². The van der Waals surface area contributed by atoms with Gasteiger partial charge in [0, 0.05) is 23.4 Å². The van der Waals surface area contributed by atoms with Crippen molar-refractivity contribution in [1.82, 2.24) is 0 Å². The van der Waals surface area contributed by atoms with Gasteiger partial charge in [0.05, 0.1) is 22.9 Å². The lowest BCUT2D eigenvalue weighted by Gasteiger charge is -2.29. The Morgan fingerprint density at radius 1 is 1.40 bits per heavy atom. The third-order valence-corrected chi connectivity index (χ3v) is 5.38. The molecule has 0 amide bonds. The molecular formula is C14H14BrN3OS. The normalized spacial score (nSPS) is 20.5. The van der Waals surface area contributed by atoms with Gasteiger partial charge in [0.25, 0.3) is 0 Å². The van der Waals surface area contributed by atoms with Crippen LogP contribution in [0.5, 0.6) is 0 Å². The largest absolute Gasteiger partial charge is 0.381 e. The van der Waals surface area contributed by atoms with E-state index in [0.717, 1.165) is 47.1 Å². The summed E-state index contributed by atoms with van der Waals surface area (Å²) < 4.78 is 6.30. The summed E-state index contributed by atoms with van der Waals surface area (Å²) in [5, 5.41) is 13.2. The van der Waals surface area contributed by atoms with Crippen molar-refractivity contribution < 1.29 is 4.74 Å². The zero-order valence-electron chi connectivity index (χ0n) is 10.9. The van der Waals surface area contributed by atoms with E-state index in [1.54, 1.807) is 17.8 Å². The number of aliphatic imine (C=N–C) groups is 1. The molecule has 104 valence electrons. The summed E-state index contributed by atoms with van der Waals surface area (Å²) >= 11 is 5.24. The van der Waals surface area contributed by atoms with Crippen LogP contribution in [-0.4, -0.2) is 29.7 Å². The summed E-state index contributed by atoms with van der Waals surface area (Å²) in [6.45, 7) is 1.61. The second kappa shape index (κ2) is 5.76. The molecule has 1 aromatic rings. The molecule has 1 fully saturated rings. The number of thioether (sulfide) groups is 1. The van der Waals surface area contributed by atoms with Crippen molar-refractivity contribution in [2.75, 3.05) is 24.3 Å². The van der Waals surface area contributed by atoms with E-state index < -0.39 is 0 Å². The van der Waals surface area contributed by atoms with Crippen LogP contribution < -0.4 is 5.32 Å². The van der Waals surface area contributed by atoms with Crippen LogP contribution in [0.15, 0.2) is 27.7 Å². The molecule has 3 rings (SSSR count). The van der Waals surface area contributed by atoms with Crippen LogP contribution in [0.2, 0.25) is 0 Å². The second-order valence-corrected chi connectivity index (χ2v) is 6.79. The number of nitrogens with one attached hydrogen (secondary N) is 1. The third kappa shape index (κ3) is 2.85. The Morgan fingerprint density at radius 2 is 2.20 bits per heavy atom.